The maximum Gasteiger partial charge on any atom is 0.258 e. The van der Waals surface area contributed by atoms with E-state index in [0.29, 0.717) is 0 Å². The predicted molar refractivity (Wildman–Crippen MR) is 80.3 cm³/mol. The number of nitrogens with zero attached hydrogens (tertiary/aromatic N) is 2. The molecule has 0 bridgehead atoms. The second-order valence-electron chi connectivity index (χ2n) is 4.92. The van der Waals surface area contributed by atoms with Crippen molar-refractivity contribution in [2.45, 2.75) is 6.54 Å². The molecule has 0 atom stereocenters. The number of halogens is 2. The van der Waals surface area contributed by atoms with Gasteiger partial charge in [-0.2, -0.15) is 0 Å². The zero-order valence-electron chi connectivity index (χ0n) is 13.1. The lowest BCUT2D eigenvalue weighted by Gasteiger charge is -2.07. The van der Waals surface area contributed by atoms with Crippen LogP contribution in [0.4, 0.5) is 8.78 Å². The Morgan fingerprint density at radius 2 is 2.04 bits per heavy atom. The zero-order chi connectivity index (χ0) is 17.7. The van der Waals surface area contributed by atoms with E-state index in [4.69, 9.17) is 4.74 Å². The largest absolute Gasteiger partial charge is 0.479 e. The number of hydrogen-bond acceptors (Lipinski definition) is 4. The van der Waals surface area contributed by atoms with E-state index >= 15 is 0 Å². The summed E-state index contributed by atoms with van der Waals surface area (Å²) in [6, 6.07) is 3.07. The first kappa shape index (κ1) is 17.4. The van der Waals surface area contributed by atoms with Gasteiger partial charge in [-0.25, -0.2) is 8.78 Å². The molecule has 2 rings (SSSR count). The van der Waals surface area contributed by atoms with Gasteiger partial charge in [-0.15, -0.1) is 5.10 Å². The first-order valence-corrected chi connectivity index (χ1v) is 6.97. The molecule has 128 valence electrons. The number of hydrogen-bond donors (Lipinski definition) is 2. The highest BCUT2D eigenvalue weighted by molar-refractivity contribution is 5.98. The summed E-state index contributed by atoms with van der Waals surface area (Å²) in [5.74, 6) is -2.35. The van der Waals surface area contributed by atoms with Crippen LogP contribution in [-0.2, 0) is 18.4 Å². The Bertz CT molecular complexity index is 761. The summed E-state index contributed by atoms with van der Waals surface area (Å²) in [5, 5.41) is 8.77. The highest BCUT2D eigenvalue weighted by Crippen LogP contribution is 2.14. The van der Waals surface area contributed by atoms with Crippen LogP contribution < -0.4 is 15.4 Å². The Morgan fingerprint density at radius 3 is 2.71 bits per heavy atom. The smallest absolute Gasteiger partial charge is 0.258 e. The molecule has 0 aliphatic carbocycles. The molecule has 2 aromatic rings. The summed E-state index contributed by atoms with van der Waals surface area (Å²) < 4.78 is 32.6. The van der Waals surface area contributed by atoms with Gasteiger partial charge in [0.2, 0.25) is 11.8 Å². The number of carbonyl (C=O) groups excluding carboxylic acids is 2. The highest BCUT2D eigenvalue weighted by atomic mass is 19.1. The number of aryl methyl sites for hydroxylation is 1. The van der Waals surface area contributed by atoms with E-state index in [0.717, 1.165) is 12.1 Å². The van der Waals surface area contributed by atoms with E-state index in [-0.39, 0.29) is 30.1 Å². The molecule has 0 saturated heterocycles. The molecule has 2 N–H and O–H groups in total. The predicted octanol–water partition coefficient (Wildman–Crippen LogP) is 0.753. The van der Waals surface area contributed by atoms with Gasteiger partial charge in [-0.3, -0.25) is 14.3 Å². The first-order chi connectivity index (χ1) is 11.4. The van der Waals surface area contributed by atoms with Gasteiger partial charge in [0.05, 0.1) is 13.7 Å². The molecule has 9 heteroatoms. The summed E-state index contributed by atoms with van der Waals surface area (Å²) in [6.45, 7) is -0.420. The Balaban J connectivity index is 1.85. The van der Waals surface area contributed by atoms with Gasteiger partial charge < -0.3 is 15.4 Å². The Labute approximate surface area is 136 Å². The molecular formula is C15H16F2N4O3. The summed E-state index contributed by atoms with van der Waals surface area (Å²) >= 11 is 0. The standard InChI is InChI=1S/C15H16F2N4O3/c1-21-8-11(15(20-21)24-2)14(23)19-7-13(22)18-6-9-3-4-10(16)5-12(9)17/h3-5,8H,6-7H2,1-2H3,(H,18,22)(H,19,23). The van der Waals surface area contributed by atoms with Crippen molar-refractivity contribution in [2.24, 2.45) is 7.05 Å². The number of carbonyl (C=O) groups is 2. The molecule has 0 aliphatic heterocycles. The van der Waals surface area contributed by atoms with Crippen molar-refractivity contribution in [3.63, 3.8) is 0 Å². The Hall–Kier alpha value is -2.97. The second-order valence-corrected chi connectivity index (χ2v) is 4.92. The maximum absolute atomic E-state index is 13.4. The summed E-state index contributed by atoms with van der Waals surface area (Å²) in [5.41, 5.74) is 0.336. The van der Waals surface area contributed by atoms with Crippen LogP contribution in [0.25, 0.3) is 0 Å². The van der Waals surface area contributed by atoms with Crippen LogP contribution >= 0.6 is 0 Å². The van der Waals surface area contributed by atoms with Crippen molar-refractivity contribution in [3.05, 3.63) is 47.2 Å². The van der Waals surface area contributed by atoms with Crippen LogP contribution in [0.1, 0.15) is 15.9 Å². The Kier molecular flexibility index (Phi) is 5.46. The third-order valence-corrected chi connectivity index (χ3v) is 3.13. The van der Waals surface area contributed by atoms with Crippen LogP contribution in [0.3, 0.4) is 0 Å². The van der Waals surface area contributed by atoms with Crippen molar-refractivity contribution < 1.29 is 23.1 Å². The third-order valence-electron chi connectivity index (χ3n) is 3.13. The highest BCUT2D eigenvalue weighted by Gasteiger charge is 2.17. The number of aromatic nitrogens is 2. The average Bonchev–Trinajstić information content (AvgIpc) is 2.93. The van der Waals surface area contributed by atoms with Gasteiger partial charge in [0.1, 0.15) is 17.2 Å². The van der Waals surface area contributed by atoms with E-state index < -0.39 is 23.4 Å². The van der Waals surface area contributed by atoms with Crippen molar-refractivity contribution in [1.29, 1.82) is 0 Å². The zero-order valence-corrected chi connectivity index (χ0v) is 13.1. The minimum Gasteiger partial charge on any atom is -0.479 e. The molecule has 1 heterocycles. The van der Waals surface area contributed by atoms with Crippen molar-refractivity contribution in [1.82, 2.24) is 20.4 Å². The number of rotatable bonds is 6. The normalized spacial score (nSPS) is 10.3. The number of amides is 2. The van der Waals surface area contributed by atoms with Crippen LogP contribution in [0.15, 0.2) is 24.4 Å². The SMILES string of the molecule is COc1nn(C)cc1C(=O)NCC(=O)NCc1ccc(F)cc1F. The lowest BCUT2D eigenvalue weighted by Crippen LogP contribution is -2.36. The molecule has 0 radical (unpaired) electrons. The molecule has 2 amide bonds. The number of benzene rings is 1. The van der Waals surface area contributed by atoms with E-state index in [9.17, 15) is 18.4 Å². The number of methoxy groups -OCH3 is 1. The summed E-state index contributed by atoms with van der Waals surface area (Å²) in [6.07, 6.45) is 1.46. The third kappa shape index (κ3) is 4.28. The molecule has 1 aromatic heterocycles. The van der Waals surface area contributed by atoms with Gasteiger partial charge in [-0.1, -0.05) is 6.07 Å². The van der Waals surface area contributed by atoms with Crippen molar-refractivity contribution in [2.75, 3.05) is 13.7 Å². The fourth-order valence-electron chi connectivity index (χ4n) is 1.95. The van der Waals surface area contributed by atoms with Crippen LogP contribution in [0.5, 0.6) is 5.88 Å². The molecule has 0 saturated carbocycles. The lowest BCUT2D eigenvalue weighted by atomic mass is 10.2. The Morgan fingerprint density at radius 1 is 1.29 bits per heavy atom. The van der Waals surface area contributed by atoms with Crippen LogP contribution in [-0.4, -0.2) is 35.2 Å². The topological polar surface area (TPSA) is 85.2 Å². The van der Waals surface area contributed by atoms with Gasteiger partial charge in [-0.05, 0) is 6.07 Å². The second kappa shape index (κ2) is 7.53. The minimum absolute atomic E-state index is 0.114. The maximum atomic E-state index is 13.4. The molecule has 1 aromatic carbocycles. The van der Waals surface area contributed by atoms with E-state index in [1.165, 1.54) is 24.1 Å². The molecule has 7 nitrogen and oxygen atoms in total. The average molecular weight is 338 g/mol. The van der Waals surface area contributed by atoms with E-state index in [1.807, 2.05) is 0 Å². The summed E-state index contributed by atoms with van der Waals surface area (Å²) in [7, 11) is 3.01. The number of nitrogens with one attached hydrogen (secondary N) is 2. The number of ether oxygens (including phenoxy) is 1. The molecule has 24 heavy (non-hydrogen) atoms. The van der Waals surface area contributed by atoms with E-state index in [1.54, 1.807) is 7.05 Å². The first-order valence-electron chi connectivity index (χ1n) is 6.97. The quantitative estimate of drug-likeness (QED) is 0.814. The lowest BCUT2D eigenvalue weighted by molar-refractivity contribution is -0.120. The van der Waals surface area contributed by atoms with E-state index in [2.05, 4.69) is 15.7 Å². The van der Waals surface area contributed by atoms with Gasteiger partial charge in [0.25, 0.3) is 5.91 Å². The molecule has 0 aliphatic rings. The van der Waals surface area contributed by atoms with Crippen molar-refractivity contribution >= 4 is 11.8 Å². The van der Waals surface area contributed by atoms with Crippen molar-refractivity contribution in [3.8, 4) is 5.88 Å². The molecule has 0 unspecified atom stereocenters. The van der Waals surface area contributed by atoms with Gasteiger partial charge >= 0.3 is 0 Å². The monoisotopic (exact) mass is 338 g/mol. The van der Waals surface area contributed by atoms with Gasteiger partial charge in [0.15, 0.2) is 0 Å². The fraction of sp³-hybridized carbons (Fsp3) is 0.267. The minimum atomic E-state index is -0.751. The molecular weight excluding hydrogens is 322 g/mol. The van der Waals surface area contributed by atoms with Gasteiger partial charge in [0, 0.05) is 31.4 Å². The molecule has 0 fully saturated rings. The summed E-state index contributed by atoms with van der Waals surface area (Å²) in [4.78, 5) is 23.7. The molecule has 0 spiro atoms. The van der Waals surface area contributed by atoms with Crippen LogP contribution in [0.2, 0.25) is 0 Å². The fourth-order valence-corrected chi connectivity index (χ4v) is 1.95. The van der Waals surface area contributed by atoms with Crippen LogP contribution in [0, 0.1) is 11.6 Å².